The van der Waals surface area contributed by atoms with Crippen molar-refractivity contribution in [2.45, 2.75) is 25.4 Å². The van der Waals surface area contributed by atoms with E-state index in [1.54, 1.807) is 0 Å². The van der Waals surface area contributed by atoms with Gasteiger partial charge >= 0.3 is 6.18 Å². The van der Waals surface area contributed by atoms with Crippen molar-refractivity contribution in [3.05, 3.63) is 29.3 Å². The fourth-order valence-electron chi connectivity index (χ4n) is 1.49. The molecule has 16 heavy (non-hydrogen) atoms. The van der Waals surface area contributed by atoms with Crippen LogP contribution >= 0.6 is 0 Å². The van der Waals surface area contributed by atoms with Crippen LogP contribution < -0.4 is 0 Å². The molecule has 0 amide bonds. The molecule has 1 N–H and O–H groups in total. The first-order chi connectivity index (χ1) is 7.36. The van der Waals surface area contributed by atoms with Gasteiger partial charge in [0.25, 0.3) is 0 Å². The minimum Gasteiger partial charge on any atom is -0.508 e. The number of carbonyl (C=O) groups is 1. The Balaban J connectivity index is 3.22. The second-order valence-electron chi connectivity index (χ2n) is 3.57. The fourth-order valence-corrected chi connectivity index (χ4v) is 1.49. The monoisotopic (exact) mass is 232 g/mol. The van der Waals surface area contributed by atoms with Crippen LogP contribution in [0.4, 0.5) is 13.2 Å². The van der Waals surface area contributed by atoms with E-state index in [9.17, 15) is 18.0 Å². The van der Waals surface area contributed by atoms with Gasteiger partial charge in [0.15, 0.2) is 0 Å². The van der Waals surface area contributed by atoms with Crippen molar-refractivity contribution >= 4 is 6.29 Å². The lowest BCUT2D eigenvalue weighted by Crippen LogP contribution is -2.11. The highest BCUT2D eigenvalue weighted by Gasteiger charge is 2.34. The molecule has 0 bridgehead atoms. The van der Waals surface area contributed by atoms with Crippen LogP contribution in [-0.4, -0.2) is 11.4 Å². The molecule has 0 saturated carbocycles. The number of carbonyl (C=O) groups excluding carboxylic acids is 1. The summed E-state index contributed by atoms with van der Waals surface area (Å²) in [6.45, 7) is 1.54. The van der Waals surface area contributed by atoms with Gasteiger partial charge in [0, 0.05) is 6.42 Å². The number of rotatable bonds is 3. The van der Waals surface area contributed by atoms with E-state index in [-0.39, 0.29) is 12.0 Å². The van der Waals surface area contributed by atoms with Gasteiger partial charge in [-0.05, 0) is 23.6 Å². The second kappa shape index (κ2) is 4.55. The van der Waals surface area contributed by atoms with Crippen molar-refractivity contribution in [1.82, 2.24) is 0 Å². The summed E-state index contributed by atoms with van der Waals surface area (Å²) in [7, 11) is 0. The summed E-state index contributed by atoms with van der Waals surface area (Å²) >= 11 is 0. The summed E-state index contributed by atoms with van der Waals surface area (Å²) < 4.78 is 37.9. The predicted molar refractivity (Wildman–Crippen MR) is 52.2 cm³/mol. The molecule has 0 aliphatic carbocycles. The molecule has 1 aromatic rings. The van der Waals surface area contributed by atoms with Crippen molar-refractivity contribution in [2.24, 2.45) is 0 Å². The Morgan fingerprint density at radius 3 is 2.56 bits per heavy atom. The zero-order chi connectivity index (χ0) is 12.3. The largest absolute Gasteiger partial charge is 0.508 e. The quantitative estimate of drug-likeness (QED) is 0.813. The number of aldehydes is 1. The smallest absolute Gasteiger partial charge is 0.416 e. The third kappa shape index (κ3) is 2.74. The van der Waals surface area contributed by atoms with Crippen LogP contribution in [0.5, 0.6) is 5.75 Å². The molecular weight excluding hydrogens is 221 g/mol. The van der Waals surface area contributed by atoms with Crippen LogP contribution in [0, 0.1) is 0 Å². The number of halogens is 3. The van der Waals surface area contributed by atoms with Gasteiger partial charge in [-0.3, -0.25) is 0 Å². The minimum atomic E-state index is -4.52. The molecule has 1 unspecified atom stereocenters. The molecule has 0 saturated heterocycles. The zero-order valence-electron chi connectivity index (χ0n) is 8.58. The van der Waals surface area contributed by atoms with E-state index in [4.69, 9.17) is 5.11 Å². The second-order valence-corrected chi connectivity index (χ2v) is 3.57. The van der Waals surface area contributed by atoms with Gasteiger partial charge in [-0.15, -0.1) is 0 Å². The molecule has 0 spiro atoms. The molecule has 2 nitrogen and oxygen atoms in total. The van der Waals surface area contributed by atoms with Crippen LogP contribution in [0.3, 0.4) is 0 Å². The highest BCUT2D eigenvalue weighted by atomic mass is 19.4. The molecule has 1 atom stereocenters. The lowest BCUT2D eigenvalue weighted by molar-refractivity contribution is -0.138. The molecule has 5 heteroatoms. The molecular formula is C11H11F3O2. The Morgan fingerprint density at radius 2 is 2.06 bits per heavy atom. The van der Waals surface area contributed by atoms with E-state index in [1.165, 1.54) is 19.1 Å². The maximum atomic E-state index is 12.6. The lowest BCUT2D eigenvalue weighted by Gasteiger charge is -2.16. The SMILES string of the molecule is CC(CC=O)c1ccc(O)cc1C(F)(F)F. The molecule has 0 aliphatic heterocycles. The fraction of sp³-hybridized carbons (Fsp3) is 0.364. The topological polar surface area (TPSA) is 37.3 Å². The highest BCUT2D eigenvalue weighted by molar-refractivity contribution is 5.52. The first-order valence-electron chi connectivity index (χ1n) is 4.70. The Bertz CT molecular complexity index is 385. The number of alkyl halides is 3. The third-order valence-electron chi connectivity index (χ3n) is 2.32. The third-order valence-corrected chi connectivity index (χ3v) is 2.32. The minimum absolute atomic E-state index is 0.0217. The number of benzene rings is 1. The first-order valence-corrected chi connectivity index (χ1v) is 4.70. The highest BCUT2D eigenvalue weighted by Crippen LogP contribution is 2.37. The molecule has 0 radical (unpaired) electrons. The zero-order valence-corrected chi connectivity index (χ0v) is 8.58. The average molecular weight is 232 g/mol. The van der Waals surface area contributed by atoms with Crippen molar-refractivity contribution in [3.8, 4) is 5.75 Å². The van der Waals surface area contributed by atoms with Gasteiger partial charge in [0.05, 0.1) is 5.56 Å². The Hall–Kier alpha value is -1.52. The summed E-state index contributed by atoms with van der Waals surface area (Å²) in [5, 5.41) is 9.04. The molecule has 0 heterocycles. The maximum absolute atomic E-state index is 12.6. The van der Waals surface area contributed by atoms with Crippen LogP contribution in [0.1, 0.15) is 30.4 Å². The summed E-state index contributed by atoms with van der Waals surface area (Å²) in [4.78, 5) is 10.3. The standard InChI is InChI=1S/C11H11F3O2/c1-7(4-5-15)9-3-2-8(16)6-10(9)11(12,13)14/h2-3,5-7,16H,4H2,1H3. The van der Waals surface area contributed by atoms with Gasteiger partial charge in [-0.2, -0.15) is 13.2 Å². The van der Waals surface area contributed by atoms with Crippen LogP contribution in [0.2, 0.25) is 0 Å². The maximum Gasteiger partial charge on any atom is 0.416 e. The number of hydrogen-bond acceptors (Lipinski definition) is 2. The molecule has 1 aromatic carbocycles. The van der Waals surface area contributed by atoms with Crippen molar-refractivity contribution < 1.29 is 23.1 Å². The molecule has 0 aromatic heterocycles. The van der Waals surface area contributed by atoms with Gasteiger partial charge in [0.2, 0.25) is 0 Å². The van der Waals surface area contributed by atoms with E-state index >= 15 is 0 Å². The summed E-state index contributed by atoms with van der Waals surface area (Å²) in [6.07, 6.45) is -3.92. The van der Waals surface area contributed by atoms with E-state index < -0.39 is 23.4 Å². The van der Waals surface area contributed by atoms with Gasteiger partial charge in [-0.1, -0.05) is 13.0 Å². The number of hydrogen-bond donors (Lipinski definition) is 1. The van der Waals surface area contributed by atoms with Gasteiger partial charge in [0.1, 0.15) is 12.0 Å². The lowest BCUT2D eigenvalue weighted by atomic mass is 9.93. The molecule has 0 fully saturated rings. The van der Waals surface area contributed by atoms with Crippen LogP contribution in [0.15, 0.2) is 18.2 Å². The molecule has 1 rings (SSSR count). The normalized spacial score (nSPS) is 13.5. The van der Waals surface area contributed by atoms with E-state index in [1.807, 2.05) is 0 Å². The predicted octanol–water partition coefficient (Wildman–Crippen LogP) is 3.10. The van der Waals surface area contributed by atoms with Crippen LogP contribution in [-0.2, 0) is 11.0 Å². The van der Waals surface area contributed by atoms with Crippen molar-refractivity contribution in [2.75, 3.05) is 0 Å². The Kier molecular flexibility index (Phi) is 3.57. The van der Waals surface area contributed by atoms with Crippen LogP contribution in [0.25, 0.3) is 0 Å². The van der Waals surface area contributed by atoms with Gasteiger partial charge < -0.3 is 9.90 Å². The number of phenols is 1. The number of aromatic hydroxyl groups is 1. The van der Waals surface area contributed by atoms with Gasteiger partial charge in [-0.25, -0.2) is 0 Å². The Morgan fingerprint density at radius 1 is 1.44 bits per heavy atom. The summed E-state index contributed by atoms with van der Waals surface area (Å²) in [5.41, 5.74) is -0.862. The van der Waals surface area contributed by atoms with E-state index in [0.717, 1.165) is 0 Å². The number of phenolic OH excluding ortho intramolecular Hbond substituents is 1. The first kappa shape index (κ1) is 12.5. The van der Waals surface area contributed by atoms with E-state index in [0.29, 0.717) is 12.4 Å². The summed E-state index contributed by atoms with van der Waals surface area (Å²) in [6, 6.07) is 3.06. The Labute approximate surface area is 90.7 Å². The molecule has 88 valence electrons. The van der Waals surface area contributed by atoms with Crippen molar-refractivity contribution in [1.29, 1.82) is 0 Å². The van der Waals surface area contributed by atoms with E-state index in [2.05, 4.69) is 0 Å². The molecule has 0 aliphatic rings. The average Bonchev–Trinajstić information content (AvgIpc) is 2.16. The van der Waals surface area contributed by atoms with Crippen molar-refractivity contribution in [3.63, 3.8) is 0 Å². The summed E-state index contributed by atoms with van der Waals surface area (Å²) in [5.74, 6) is -0.955.